The minimum absolute atomic E-state index is 0.247. The fraction of sp³-hybridized carbons (Fsp3) is 0.200. The van der Waals surface area contributed by atoms with E-state index >= 15 is 0 Å². The molecule has 0 heterocycles. The van der Waals surface area contributed by atoms with Crippen LogP contribution in [0.2, 0.25) is 10.0 Å². The van der Waals surface area contributed by atoms with Crippen LogP contribution >= 0.6 is 23.2 Å². The molecule has 0 bridgehead atoms. The first-order chi connectivity index (χ1) is 12.9. The smallest absolute Gasteiger partial charge is 0.244 e. The number of ether oxygens (including phenoxy) is 1. The van der Waals surface area contributed by atoms with Crippen molar-refractivity contribution in [3.8, 4) is 5.75 Å². The molecule has 142 valence electrons. The molecule has 0 aliphatic rings. The molecule has 2 rings (SSSR count). The van der Waals surface area contributed by atoms with Crippen molar-refractivity contribution >= 4 is 41.1 Å². The zero-order valence-electron chi connectivity index (χ0n) is 15.0. The molecule has 0 fully saturated rings. The Labute approximate surface area is 168 Å². The van der Waals surface area contributed by atoms with Crippen molar-refractivity contribution in [1.29, 1.82) is 0 Å². The molecule has 2 N–H and O–H groups in total. The van der Waals surface area contributed by atoms with Crippen LogP contribution in [0.15, 0.2) is 48.5 Å². The van der Waals surface area contributed by atoms with Gasteiger partial charge in [-0.15, -0.1) is 0 Å². The van der Waals surface area contributed by atoms with Crippen LogP contribution in [0.4, 0.5) is 0 Å². The van der Waals surface area contributed by atoms with E-state index in [1.807, 2.05) is 12.1 Å². The number of halogens is 2. The summed E-state index contributed by atoms with van der Waals surface area (Å²) in [5.41, 5.74) is 1.59. The molecular weight excluding hydrogens is 387 g/mol. The van der Waals surface area contributed by atoms with E-state index in [2.05, 4.69) is 10.6 Å². The number of amides is 2. The van der Waals surface area contributed by atoms with Gasteiger partial charge in [0.15, 0.2) is 0 Å². The summed E-state index contributed by atoms with van der Waals surface area (Å²) in [6.45, 7) is 1.86. The Morgan fingerprint density at radius 1 is 1.15 bits per heavy atom. The Balaban J connectivity index is 1.83. The Morgan fingerprint density at radius 2 is 1.85 bits per heavy atom. The Morgan fingerprint density at radius 3 is 2.48 bits per heavy atom. The average Bonchev–Trinajstić information content (AvgIpc) is 2.65. The lowest BCUT2D eigenvalue weighted by Crippen LogP contribution is -2.44. The summed E-state index contributed by atoms with van der Waals surface area (Å²) >= 11 is 11.9. The second-order valence-corrected chi connectivity index (χ2v) is 6.63. The first-order valence-corrected chi connectivity index (χ1v) is 8.99. The topological polar surface area (TPSA) is 67.4 Å². The minimum Gasteiger partial charge on any atom is -0.497 e. The third-order valence-corrected chi connectivity index (χ3v) is 4.35. The number of nitrogens with one attached hydrogen (secondary N) is 2. The van der Waals surface area contributed by atoms with E-state index in [1.54, 1.807) is 50.4 Å². The first kappa shape index (κ1) is 20.8. The van der Waals surface area contributed by atoms with E-state index in [9.17, 15) is 9.59 Å². The maximum absolute atomic E-state index is 12.1. The lowest BCUT2D eigenvalue weighted by atomic mass is 10.2. The quantitative estimate of drug-likeness (QED) is 0.686. The molecule has 0 aliphatic heterocycles. The zero-order valence-corrected chi connectivity index (χ0v) is 16.5. The van der Waals surface area contributed by atoms with Crippen LogP contribution in [0.3, 0.4) is 0 Å². The lowest BCUT2D eigenvalue weighted by molar-refractivity contribution is -0.126. The summed E-state index contributed by atoms with van der Waals surface area (Å²) in [6, 6.07) is 11.6. The summed E-state index contributed by atoms with van der Waals surface area (Å²) in [5.74, 6) is 0.0629. The molecule has 0 aliphatic carbocycles. The largest absolute Gasteiger partial charge is 0.497 e. The van der Waals surface area contributed by atoms with Gasteiger partial charge < -0.3 is 15.4 Å². The van der Waals surface area contributed by atoms with Crippen molar-refractivity contribution in [1.82, 2.24) is 10.6 Å². The van der Waals surface area contributed by atoms with Crippen molar-refractivity contribution in [2.24, 2.45) is 0 Å². The monoisotopic (exact) mass is 406 g/mol. The normalized spacial score (nSPS) is 11.9. The van der Waals surface area contributed by atoms with Gasteiger partial charge in [0, 0.05) is 22.7 Å². The van der Waals surface area contributed by atoms with Gasteiger partial charge in [0.2, 0.25) is 11.8 Å². The van der Waals surface area contributed by atoms with Crippen LogP contribution < -0.4 is 15.4 Å². The molecule has 2 aromatic carbocycles. The highest BCUT2D eigenvalue weighted by Crippen LogP contribution is 2.20. The van der Waals surface area contributed by atoms with Gasteiger partial charge in [-0.25, -0.2) is 0 Å². The van der Waals surface area contributed by atoms with Crippen LogP contribution in [0, 0.1) is 0 Å². The van der Waals surface area contributed by atoms with E-state index in [1.165, 1.54) is 6.08 Å². The van der Waals surface area contributed by atoms with Gasteiger partial charge >= 0.3 is 0 Å². The van der Waals surface area contributed by atoms with Crippen LogP contribution in [-0.2, 0) is 16.1 Å². The summed E-state index contributed by atoms with van der Waals surface area (Å²) in [4.78, 5) is 24.1. The third-order valence-electron chi connectivity index (χ3n) is 3.76. The summed E-state index contributed by atoms with van der Waals surface area (Å²) < 4.78 is 5.08. The maximum atomic E-state index is 12.1. The van der Waals surface area contributed by atoms with Crippen LogP contribution in [0.1, 0.15) is 18.1 Å². The summed E-state index contributed by atoms with van der Waals surface area (Å²) in [7, 11) is 1.59. The fourth-order valence-electron chi connectivity index (χ4n) is 2.21. The van der Waals surface area contributed by atoms with E-state index < -0.39 is 6.04 Å². The molecule has 1 atom stereocenters. The molecule has 0 aromatic heterocycles. The third kappa shape index (κ3) is 6.62. The van der Waals surface area contributed by atoms with Crippen molar-refractivity contribution in [2.45, 2.75) is 19.5 Å². The molecule has 0 saturated carbocycles. The number of hydrogen-bond donors (Lipinski definition) is 2. The van der Waals surface area contributed by atoms with Gasteiger partial charge in [-0.2, -0.15) is 0 Å². The molecular formula is C20H20Cl2N2O3. The first-order valence-electron chi connectivity index (χ1n) is 8.23. The summed E-state index contributed by atoms with van der Waals surface area (Å²) in [6.07, 6.45) is 3.04. The standard InChI is InChI=1S/C20H20Cl2N2O3/c1-13(20(26)23-12-15-6-7-16(21)11-18(15)22)24-19(25)10-5-14-3-8-17(27-2)9-4-14/h3-11,13H,12H2,1-2H3,(H,23,26)(H,24,25). The van der Waals surface area contributed by atoms with Crippen molar-refractivity contribution in [3.63, 3.8) is 0 Å². The highest BCUT2D eigenvalue weighted by molar-refractivity contribution is 6.35. The van der Waals surface area contributed by atoms with Crippen molar-refractivity contribution in [2.75, 3.05) is 7.11 Å². The minimum atomic E-state index is -0.691. The molecule has 2 amide bonds. The average molecular weight is 407 g/mol. The highest BCUT2D eigenvalue weighted by atomic mass is 35.5. The lowest BCUT2D eigenvalue weighted by Gasteiger charge is -2.13. The van der Waals surface area contributed by atoms with Gasteiger partial charge in [0.25, 0.3) is 0 Å². The summed E-state index contributed by atoms with van der Waals surface area (Å²) in [5, 5.41) is 6.35. The number of hydrogen-bond acceptors (Lipinski definition) is 3. The number of carbonyl (C=O) groups is 2. The van der Waals surface area contributed by atoms with E-state index in [0.29, 0.717) is 10.0 Å². The predicted molar refractivity (Wildman–Crippen MR) is 108 cm³/mol. The number of methoxy groups -OCH3 is 1. The highest BCUT2D eigenvalue weighted by Gasteiger charge is 2.14. The Kier molecular flexibility index (Phi) is 7.70. The molecule has 5 nitrogen and oxygen atoms in total. The Bertz CT molecular complexity index is 836. The molecule has 7 heteroatoms. The second-order valence-electron chi connectivity index (χ2n) is 5.79. The van der Waals surface area contributed by atoms with Crippen molar-refractivity contribution in [3.05, 3.63) is 69.7 Å². The second kappa shape index (κ2) is 10.00. The number of carbonyl (C=O) groups excluding carboxylic acids is 2. The van der Waals surface area contributed by atoms with Crippen LogP contribution in [0.25, 0.3) is 6.08 Å². The van der Waals surface area contributed by atoms with Gasteiger partial charge in [-0.05, 0) is 48.4 Å². The van der Waals surface area contributed by atoms with Gasteiger partial charge in [0.05, 0.1) is 7.11 Å². The molecule has 0 radical (unpaired) electrons. The molecule has 1 unspecified atom stereocenters. The van der Waals surface area contributed by atoms with Crippen LogP contribution in [0.5, 0.6) is 5.75 Å². The van der Waals surface area contributed by atoms with Gasteiger partial charge in [-0.1, -0.05) is 41.4 Å². The molecule has 0 saturated heterocycles. The van der Waals surface area contributed by atoms with E-state index in [4.69, 9.17) is 27.9 Å². The zero-order chi connectivity index (χ0) is 19.8. The maximum Gasteiger partial charge on any atom is 0.244 e. The molecule has 27 heavy (non-hydrogen) atoms. The van der Waals surface area contributed by atoms with E-state index in [-0.39, 0.29) is 18.4 Å². The SMILES string of the molecule is COc1ccc(C=CC(=O)NC(C)C(=O)NCc2ccc(Cl)cc2Cl)cc1. The number of benzene rings is 2. The Hall–Kier alpha value is -2.50. The van der Waals surface area contributed by atoms with Crippen LogP contribution in [-0.4, -0.2) is 25.0 Å². The molecule has 0 spiro atoms. The van der Waals surface area contributed by atoms with Crippen molar-refractivity contribution < 1.29 is 14.3 Å². The van der Waals surface area contributed by atoms with Gasteiger partial charge in [0.1, 0.15) is 11.8 Å². The fourth-order valence-corrected chi connectivity index (χ4v) is 2.69. The van der Waals surface area contributed by atoms with Gasteiger partial charge in [-0.3, -0.25) is 9.59 Å². The number of rotatable bonds is 7. The van der Waals surface area contributed by atoms with E-state index in [0.717, 1.165) is 16.9 Å². The predicted octanol–water partition coefficient (Wildman–Crippen LogP) is 3.84. The molecule has 2 aromatic rings.